The second-order valence-electron chi connectivity index (χ2n) is 5.32. The Morgan fingerprint density at radius 3 is 2.58 bits per heavy atom. The molecule has 136 valence electrons. The molecule has 0 heterocycles. The number of sulfonamides is 1. The first-order valence-electron chi connectivity index (χ1n) is 7.44. The van der Waals surface area contributed by atoms with Gasteiger partial charge in [0.25, 0.3) is 5.91 Å². The van der Waals surface area contributed by atoms with Crippen molar-refractivity contribution in [3.63, 3.8) is 0 Å². The van der Waals surface area contributed by atoms with E-state index in [1.807, 2.05) is 6.07 Å². The first-order valence-corrected chi connectivity index (χ1v) is 9.67. The maximum atomic E-state index is 13.8. The van der Waals surface area contributed by atoms with E-state index in [1.165, 1.54) is 24.3 Å². The minimum atomic E-state index is -3.70. The van der Waals surface area contributed by atoms with Gasteiger partial charge in [0.15, 0.2) is 0 Å². The number of nitriles is 1. The van der Waals surface area contributed by atoms with Crippen molar-refractivity contribution < 1.29 is 17.6 Å². The smallest absolute Gasteiger partial charge is 0.255 e. The summed E-state index contributed by atoms with van der Waals surface area (Å²) in [7, 11) is -3.70. The number of hydrogen-bond acceptors (Lipinski definition) is 4. The van der Waals surface area contributed by atoms with Gasteiger partial charge in [-0.3, -0.25) is 9.10 Å². The van der Waals surface area contributed by atoms with Crippen LogP contribution in [0.15, 0.2) is 42.5 Å². The van der Waals surface area contributed by atoms with E-state index in [2.05, 4.69) is 5.32 Å². The second kappa shape index (κ2) is 8.17. The van der Waals surface area contributed by atoms with Crippen LogP contribution in [0.3, 0.4) is 0 Å². The van der Waals surface area contributed by atoms with Gasteiger partial charge in [0.1, 0.15) is 11.9 Å². The Bertz CT molecular complexity index is 953. The molecular weight excluding hydrogens is 381 g/mol. The summed E-state index contributed by atoms with van der Waals surface area (Å²) in [6.45, 7) is -0.230. The molecule has 0 saturated carbocycles. The summed E-state index contributed by atoms with van der Waals surface area (Å²) in [5.41, 5.74) is 0.0783. The number of nitrogens with zero attached hydrogens (tertiary/aromatic N) is 2. The van der Waals surface area contributed by atoms with E-state index >= 15 is 0 Å². The molecule has 0 aliphatic heterocycles. The Kier molecular flexibility index (Phi) is 6.18. The van der Waals surface area contributed by atoms with Crippen molar-refractivity contribution in [1.29, 1.82) is 5.26 Å². The Morgan fingerprint density at radius 1 is 1.27 bits per heavy atom. The topological polar surface area (TPSA) is 90.3 Å². The molecule has 26 heavy (non-hydrogen) atoms. The molecule has 6 nitrogen and oxygen atoms in total. The number of rotatable bonds is 6. The van der Waals surface area contributed by atoms with Gasteiger partial charge in [-0.2, -0.15) is 5.26 Å². The van der Waals surface area contributed by atoms with Gasteiger partial charge in [-0.05, 0) is 24.3 Å². The van der Waals surface area contributed by atoms with E-state index in [1.54, 1.807) is 12.1 Å². The van der Waals surface area contributed by atoms with Crippen LogP contribution in [-0.4, -0.2) is 33.7 Å². The monoisotopic (exact) mass is 395 g/mol. The van der Waals surface area contributed by atoms with Gasteiger partial charge in [0.05, 0.1) is 34.6 Å². The number of amides is 1. The number of benzene rings is 2. The van der Waals surface area contributed by atoms with Crippen LogP contribution in [0.4, 0.5) is 10.1 Å². The van der Waals surface area contributed by atoms with Crippen molar-refractivity contribution in [2.45, 2.75) is 0 Å². The van der Waals surface area contributed by atoms with Crippen LogP contribution >= 0.6 is 11.6 Å². The lowest BCUT2D eigenvalue weighted by Gasteiger charge is -2.23. The lowest BCUT2D eigenvalue weighted by molar-refractivity contribution is 0.0951. The third-order valence-electron chi connectivity index (χ3n) is 3.48. The van der Waals surface area contributed by atoms with Gasteiger partial charge in [-0.1, -0.05) is 29.8 Å². The quantitative estimate of drug-likeness (QED) is 0.813. The number of anilines is 1. The van der Waals surface area contributed by atoms with E-state index in [4.69, 9.17) is 16.9 Å². The molecule has 9 heteroatoms. The van der Waals surface area contributed by atoms with Crippen molar-refractivity contribution in [2.24, 2.45) is 0 Å². The highest BCUT2D eigenvalue weighted by Crippen LogP contribution is 2.22. The van der Waals surface area contributed by atoms with Crippen molar-refractivity contribution >= 4 is 33.2 Å². The van der Waals surface area contributed by atoms with E-state index in [0.29, 0.717) is 0 Å². The molecule has 2 rings (SSSR count). The molecule has 2 aromatic carbocycles. The Labute approximate surface area is 155 Å². The zero-order chi connectivity index (χ0) is 19.3. The summed E-state index contributed by atoms with van der Waals surface area (Å²) in [5, 5.41) is 11.6. The zero-order valence-corrected chi connectivity index (χ0v) is 15.3. The molecule has 1 N–H and O–H groups in total. The number of halogens is 2. The van der Waals surface area contributed by atoms with Crippen LogP contribution in [0, 0.1) is 17.1 Å². The molecule has 0 spiro atoms. The zero-order valence-electron chi connectivity index (χ0n) is 13.7. The summed E-state index contributed by atoms with van der Waals surface area (Å²) >= 11 is 5.83. The van der Waals surface area contributed by atoms with Gasteiger partial charge in [-0.25, -0.2) is 12.8 Å². The average Bonchev–Trinajstić information content (AvgIpc) is 2.57. The Hall–Kier alpha value is -2.63. The van der Waals surface area contributed by atoms with Gasteiger partial charge >= 0.3 is 0 Å². The number of hydrogen-bond donors (Lipinski definition) is 1. The van der Waals surface area contributed by atoms with Crippen LogP contribution in [0.1, 0.15) is 15.9 Å². The van der Waals surface area contributed by atoms with Crippen LogP contribution in [0.25, 0.3) is 0 Å². The highest BCUT2D eigenvalue weighted by atomic mass is 35.5. The SMILES string of the molecule is CS(=O)(=O)N(CCNC(=O)c1c(F)cccc1Cl)c1ccccc1C#N. The molecule has 0 atom stereocenters. The number of nitrogens with one attached hydrogen (secondary N) is 1. The molecule has 1 amide bonds. The molecule has 0 bridgehead atoms. The summed E-state index contributed by atoms with van der Waals surface area (Å²) in [6.07, 6.45) is 0.997. The van der Waals surface area contributed by atoms with E-state index in [-0.39, 0.29) is 34.9 Å². The maximum Gasteiger partial charge on any atom is 0.255 e. The van der Waals surface area contributed by atoms with Gasteiger partial charge < -0.3 is 5.32 Å². The second-order valence-corrected chi connectivity index (χ2v) is 7.63. The van der Waals surface area contributed by atoms with Crippen LogP contribution in [-0.2, 0) is 10.0 Å². The third-order valence-corrected chi connectivity index (χ3v) is 4.98. The van der Waals surface area contributed by atoms with Crippen LogP contribution in [0.2, 0.25) is 5.02 Å². The molecule has 2 aromatic rings. The van der Waals surface area contributed by atoms with Crippen LogP contribution < -0.4 is 9.62 Å². The number of para-hydroxylation sites is 1. The van der Waals surface area contributed by atoms with E-state index < -0.39 is 21.7 Å². The summed E-state index contributed by atoms with van der Waals surface area (Å²) < 4.78 is 38.9. The maximum absolute atomic E-state index is 13.8. The lowest BCUT2D eigenvalue weighted by Crippen LogP contribution is -2.38. The third kappa shape index (κ3) is 4.50. The van der Waals surface area contributed by atoms with Gasteiger partial charge in [0.2, 0.25) is 10.0 Å². The minimum absolute atomic E-state index is 0.0442. The normalized spacial score (nSPS) is 10.8. The minimum Gasteiger partial charge on any atom is -0.350 e. The molecule has 0 aliphatic rings. The number of carbonyl (C=O) groups excluding carboxylic acids is 1. The number of carbonyl (C=O) groups is 1. The first kappa shape index (κ1) is 19.7. The Balaban J connectivity index is 2.17. The molecule has 0 unspecified atom stereocenters. The average molecular weight is 396 g/mol. The van der Waals surface area contributed by atoms with Crippen molar-refractivity contribution in [3.05, 3.63) is 64.4 Å². The fourth-order valence-corrected chi connectivity index (χ4v) is 3.51. The lowest BCUT2D eigenvalue weighted by atomic mass is 10.2. The van der Waals surface area contributed by atoms with Gasteiger partial charge in [0, 0.05) is 6.54 Å². The van der Waals surface area contributed by atoms with Crippen molar-refractivity contribution in [1.82, 2.24) is 5.32 Å². The molecule has 0 aromatic heterocycles. The Morgan fingerprint density at radius 2 is 1.96 bits per heavy atom. The van der Waals surface area contributed by atoms with Crippen LogP contribution in [0.5, 0.6) is 0 Å². The predicted octanol–water partition coefficient (Wildman–Crippen LogP) is 2.55. The van der Waals surface area contributed by atoms with Crippen molar-refractivity contribution in [3.8, 4) is 6.07 Å². The fraction of sp³-hybridized carbons (Fsp3) is 0.176. The highest BCUT2D eigenvalue weighted by molar-refractivity contribution is 7.92. The largest absolute Gasteiger partial charge is 0.350 e. The molecule has 0 radical (unpaired) electrons. The highest BCUT2D eigenvalue weighted by Gasteiger charge is 2.21. The molecule has 0 saturated heterocycles. The van der Waals surface area contributed by atoms with E-state index in [0.717, 1.165) is 16.6 Å². The standard InChI is InChI=1S/C17H15ClFN3O3S/c1-26(24,25)22(15-8-3-2-5-12(15)11-20)10-9-21-17(23)16-13(18)6-4-7-14(16)19/h2-8H,9-10H2,1H3,(H,21,23). The first-order chi connectivity index (χ1) is 12.3. The predicted molar refractivity (Wildman–Crippen MR) is 97.1 cm³/mol. The summed E-state index contributed by atoms with van der Waals surface area (Å²) in [6, 6.07) is 12.0. The van der Waals surface area contributed by atoms with Gasteiger partial charge in [-0.15, -0.1) is 0 Å². The molecule has 0 fully saturated rings. The fourth-order valence-electron chi connectivity index (χ4n) is 2.32. The van der Waals surface area contributed by atoms with Crippen molar-refractivity contribution in [2.75, 3.05) is 23.7 Å². The van der Waals surface area contributed by atoms with E-state index in [9.17, 15) is 17.6 Å². The molecule has 0 aliphatic carbocycles. The molecular formula is C17H15ClFN3O3S. The summed E-state index contributed by atoms with van der Waals surface area (Å²) in [5.74, 6) is -1.53. The summed E-state index contributed by atoms with van der Waals surface area (Å²) in [4.78, 5) is 12.1.